The highest BCUT2D eigenvalue weighted by atomic mass is 16.5. The molecule has 0 aromatic carbocycles. The summed E-state index contributed by atoms with van der Waals surface area (Å²) in [5.41, 5.74) is 6.00. The monoisotopic (exact) mass is 182 g/mol. The summed E-state index contributed by atoms with van der Waals surface area (Å²) in [6, 6.07) is 1.51. The molecule has 2 N–H and O–H groups in total. The van der Waals surface area contributed by atoms with Crippen molar-refractivity contribution in [1.82, 2.24) is 4.98 Å². The van der Waals surface area contributed by atoms with E-state index in [1.165, 1.54) is 26.5 Å². The Bertz CT molecular complexity index is 325. The van der Waals surface area contributed by atoms with Crippen molar-refractivity contribution in [2.45, 2.75) is 0 Å². The summed E-state index contributed by atoms with van der Waals surface area (Å²) in [6.07, 6.45) is 1.46. The molecule has 0 unspecified atom stereocenters. The van der Waals surface area contributed by atoms with E-state index in [0.29, 0.717) is 5.69 Å². The minimum Gasteiger partial charge on any atom is -0.480 e. The predicted molar refractivity (Wildman–Crippen MR) is 46.5 cm³/mol. The van der Waals surface area contributed by atoms with E-state index in [4.69, 9.17) is 10.5 Å². The fraction of sp³-hybridized carbons (Fsp3) is 0.250. The molecule has 5 heteroatoms. The molecule has 0 radical (unpaired) electrons. The molecular formula is C8H10N2O3. The van der Waals surface area contributed by atoms with Gasteiger partial charge in [-0.3, -0.25) is 0 Å². The highest BCUT2D eigenvalue weighted by Gasteiger charge is 2.16. The number of nitrogen functional groups attached to an aromatic ring is 1. The second-order valence-corrected chi connectivity index (χ2v) is 2.28. The van der Waals surface area contributed by atoms with Gasteiger partial charge in [-0.1, -0.05) is 0 Å². The average Bonchev–Trinajstić information content (AvgIpc) is 2.16. The first-order chi connectivity index (χ1) is 6.20. The van der Waals surface area contributed by atoms with Crippen molar-refractivity contribution in [3.63, 3.8) is 0 Å². The van der Waals surface area contributed by atoms with Gasteiger partial charge in [0.25, 0.3) is 0 Å². The predicted octanol–water partition coefficient (Wildman–Crippen LogP) is 0.459. The van der Waals surface area contributed by atoms with Crippen LogP contribution in [0, 0.1) is 0 Å². The zero-order chi connectivity index (χ0) is 9.84. The standard InChI is InChI=1S/C8H10N2O3/c1-12-7-6(8(11)13-2)5(9)3-4-10-7/h3-4H,1-2H3,(H2,9,10). The van der Waals surface area contributed by atoms with Gasteiger partial charge in [-0.05, 0) is 6.07 Å². The first-order valence-electron chi connectivity index (χ1n) is 3.57. The van der Waals surface area contributed by atoms with Crippen molar-refractivity contribution in [1.29, 1.82) is 0 Å². The zero-order valence-corrected chi connectivity index (χ0v) is 7.40. The van der Waals surface area contributed by atoms with E-state index in [9.17, 15) is 4.79 Å². The van der Waals surface area contributed by atoms with Crippen LogP contribution in [0.25, 0.3) is 0 Å². The van der Waals surface area contributed by atoms with E-state index in [1.54, 1.807) is 0 Å². The van der Waals surface area contributed by atoms with E-state index in [0.717, 1.165) is 0 Å². The Morgan fingerprint density at radius 2 is 2.23 bits per heavy atom. The molecule has 5 nitrogen and oxygen atoms in total. The number of ether oxygens (including phenoxy) is 2. The normalized spacial score (nSPS) is 9.38. The second kappa shape index (κ2) is 3.75. The molecule has 0 spiro atoms. The number of hydrogen-bond donors (Lipinski definition) is 1. The third-order valence-corrected chi connectivity index (χ3v) is 1.53. The molecule has 0 bridgehead atoms. The maximum Gasteiger partial charge on any atom is 0.345 e. The Morgan fingerprint density at radius 3 is 2.77 bits per heavy atom. The number of carbonyl (C=O) groups excluding carboxylic acids is 1. The fourth-order valence-electron chi connectivity index (χ4n) is 0.919. The average molecular weight is 182 g/mol. The van der Waals surface area contributed by atoms with Gasteiger partial charge in [-0.2, -0.15) is 0 Å². The summed E-state index contributed by atoms with van der Waals surface area (Å²) in [4.78, 5) is 15.0. The minimum atomic E-state index is -0.553. The van der Waals surface area contributed by atoms with Gasteiger partial charge in [0.1, 0.15) is 5.56 Å². The quantitative estimate of drug-likeness (QED) is 0.672. The zero-order valence-electron chi connectivity index (χ0n) is 7.40. The smallest absolute Gasteiger partial charge is 0.345 e. The van der Waals surface area contributed by atoms with Crippen molar-refractivity contribution in [2.75, 3.05) is 20.0 Å². The number of rotatable bonds is 2. The molecule has 13 heavy (non-hydrogen) atoms. The van der Waals surface area contributed by atoms with Crippen LogP contribution in [0.5, 0.6) is 5.88 Å². The summed E-state index contributed by atoms with van der Waals surface area (Å²) >= 11 is 0. The van der Waals surface area contributed by atoms with Gasteiger partial charge in [0.15, 0.2) is 0 Å². The summed E-state index contributed by atoms with van der Waals surface area (Å²) < 4.78 is 9.38. The van der Waals surface area contributed by atoms with E-state index in [2.05, 4.69) is 9.72 Å². The lowest BCUT2D eigenvalue weighted by Gasteiger charge is -2.06. The number of pyridine rings is 1. The first-order valence-corrected chi connectivity index (χ1v) is 3.57. The molecule has 1 heterocycles. The molecule has 0 saturated heterocycles. The van der Waals surface area contributed by atoms with Gasteiger partial charge in [0, 0.05) is 6.20 Å². The molecule has 0 amide bonds. The van der Waals surface area contributed by atoms with Crippen LogP contribution in [0.3, 0.4) is 0 Å². The van der Waals surface area contributed by atoms with Crippen LogP contribution in [0.1, 0.15) is 10.4 Å². The Balaban J connectivity index is 3.22. The van der Waals surface area contributed by atoms with Gasteiger partial charge in [-0.25, -0.2) is 9.78 Å². The Kier molecular flexibility index (Phi) is 2.69. The van der Waals surface area contributed by atoms with Crippen molar-refractivity contribution < 1.29 is 14.3 Å². The summed E-state index contributed by atoms with van der Waals surface area (Å²) in [6.45, 7) is 0. The van der Waals surface area contributed by atoms with Crippen molar-refractivity contribution in [2.24, 2.45) is 0 Å². The van der Waals surface area contributed by atoms with Crippen LogP contribution in [0.15, 0.2) is 12.3 Å². The van der Waals surface area contributed by atoms with Gasteiger partial charge in [0.2, 0.25) is 5.88 Å². The Labute approximate surface area is 75.5 Å². The van der Waals surface area contributed by atoms with Gasteiger partial charge in [0.05, 0.1) is 19.9 Å². The lowest BCUT2D eigenvalue weighted by atomic mass is 10.2. The fourth-order valence-corrected chi connectivity index (χ4v) is 0.919. The van der Waals surface area contributed by atoms with E-state index in [1.807, 2.05) is 0 Å². The van der Waals surface area contributed by atoms with Crippen LogP contribution in [0.2, 0.25) is 0 Å². The Morgan fingerprint density at radius 1 is 1.54 bits per heavy atom. The number of methoxy groups -OCH3 is 2. The van der Waals surface area contributed by atoms with E-state index >= 15 is 0 Å². The molecule has 70 valence electrons. The number of hydrogen-bond acceptors (Lipinski definition) is 5. The number of nitrogens with zero attached hydrogens (tertiary/aromatic N) is 1. The molecule has 1 rings (SSSR count). The molecule has 0 aliphatic heterocycles. The lowest BCUT2D eigenvalue weighted by Crippen LogP contribution is -2.08. The largest absolute Gasteiger partial charge is 0.480 e. The number of esters is 1. The van der Waals surface area contributed by atoms with Crippen LogP contribution < -0.4 is 10.5 Å². The van der Waals surface area contributed by atoms with Crippen LogP contribution in [-0.2, 0) is 4.74 Å². The number of anilines is 1. The summed E-state index contributed by atoms with van der Waals surface area (Å²) in [7, 11) is 2.68. The number of nitrogens with two attached hydrogens (primary N) is 1. The third-order valence-electron chi connectivity index (χ3n) is 1.53. The second-order valence-electron chi connectivity index (χ2n) is 2.28. The van der Waals surface area contributed by atoms with Crippen LogP contribution >= 0.6 is 0 Å². The molecule has 0 aliphatic carbocycles. The van der Waals surface area contributed by atoms with Gasteiger partial charge >= 0.3 is 5.97 Å². The minimum absolute atomic E-state index is 0.160. The topological polar surface area (TPSA) is 74.4 Å². The summed E-state index contributed by atoms with van der Waals surface area (Å²) in [5.74, 6) is -0.380. The van der Waals surface area contributed by atoms with Crippen molar-refractivity contribution >= 4 is 11.7 Å². The molecule has 0 aliphatic rings. The van der Waals surface area contributed by atoms with Crippen LogP contribution in [-0.4, -0.2) is 25.2 Å². The lowest BCUT2D eigenvalue weighted by molar-refractivity contribution is 0.0597. The van der Waals surface area contributed by atoms with Gasteiger partial charge in [-0.15, -0.1) is 0 Å². The van der Waals surface area contributed by atoms with Crippen molar-refractivity contribution in [3.05, 3.63) is 17.8 Å². The van der Waals surface area contributed by atoms with Gasteiger partial charge < -0.3 is 15.2 Å². The number of aromatic nitrogens is 1. The maximum absolute atomic E-state index is 11.2. The number of carbonyl (C=O) groups is 1. The molecule has 1 aromatic rings. The van der Waals surface area contributed by atoms with E-state index < -0.39 is 5.97 Å². The highest BCUT2D eigenvalue weighted by Crippen LogP contribution is 2.21. The van der Waals surface area contributed by atoms with Crippen LogP contribution in [0.4, 0.5) is 5.69 Å². The summed E-state index contributed by atoms with van der Waals surface area (Å²) in [5, 5.41) is 0. The van der Waals surface area contributed by atoms with E-state index in [-0.39, 0.29) is 11.4 Å². The van der Waals surface area contributed by atoms with Crippen molar-refractivity contribution in [3.8, 4) is 5.88 Å². The third kappa shape index (κ3) is 1.69. The molecule has 0 saturated carbocycles. The Hall–Kier alpha value is -1.78. The first kappa shape index (κ1) is 9.31. The molecular weight excluding hydrogens is 172 g/mol. The molecule has 0 fully saturated rings. The molecule has 1 aromatic heterocycles. The molecule has 0 atom stereocenters. The SMILES string of the molecule is COC(=O)c1c(N)ccnc1OC. The highest BCUT2D eigenvalue weighted by molar-refractivity contribution is 5.97. The maximum atomic E-state index is 11.2.